The summed E-state index contributed by atoms with van der Waals surface area (Å²) >= 11 is 1.89. The summed E-state index contributed by atoms with van der Waals surface area (Å²) in [5.41, 5.74) is 12.7. The Morgan fingerprint density at radius 3 is 1.58 bits per heavy atom. The molecule has 2 aromatic carbocycles. The molecule has 36 heavy (non-hydrogen) atoms. The van der Waals surface area contributed by atoms with E-state index >= 15 is 0 Å². The summed E-state index contributed by atoms with van der Waals surface area (Å²) in [5, 5.41) is 4.84. The molecule has 2 atom stereocenters. The van der Waals surface area contributed by atoms with Gasteiger partial charge in [0.2, 0.25) is 0 Å². The quantitative estimate of drug-likeness (QED) is 0.233. The molecule has 0 nitrogen and oxygen atoms in total. The van der Waals surface area contributed by atoms with Gasteiger partial charge in [0.25, 0.3) is 0 Å². The fourth-order valence-electron chi connectivity index (χ4n) is 7.15. The minimum absolute atomic E-state index is 0.144. The molecule has 0 radical (unpaired) electrons. The van der Waals surface area contributed by atoms with E-state index in [4.69, 9.17) is 0 Å². The van der Waals surface area contributed by atoms with Gasteiger partial charge in [-0.15, -0.1) is 0 Å². The van der Waals surface area contributed by atoms with Crippen LogP contribution in [0.4, 0.5) is 0 Å². The lowest BCUT2D eigenvalue weighted by molar-refractivity contribution is 0.448. The number of rotatable bonds is 12. The van der Waals surface area contributed by atoms with Gasteiger partial charge in [0.05, 0.1) is 0 Å². The number of hydrogen-bond acceptors (Lipinski definition) is 1. The topological polar surface area (TPSA) is 0 Å². The second-order valence-corrected chi connectivity index (χ2v) is 12.6. The Morgan fingerprint density at radius 1 is 0.694 bits per heavy atom. The first-order chi connectivity index (χ1) is 17.6. The first-order valence-corrected chi connectivity index (χ1v) is 15.9. The summed E-state index contributed by atoms with van der Waals surface area (Å²) < 4.78 is 0. The number of fused-ring (bicyclic) bond motifs is 6. The molecule has 2 unspecified atom stereocenters. The molecule has 0 N–H and O–H groups in total. The summed E-state index contributed by atoms with van der Waals surface area (Å²) in [7, 11) is 0. The fourth-order valence-corrected chi connectivity index (χ4v) is 8.02. The molecule has 0 saturated carbocycles. The van der Waals surface area contributed by atoms with Crippen LogP contribution in [-0.2, 0) is 31.1 Å². The van der Waals surface area contributed by atoms with E-state index in [0.717, 1.165) is 11.8 Å². The number of hydrogen-bond donors (Lipinski definition) is 0. The molecule has 2 aliphatic carbocycles. The molecule has 2 aliphatic rings. The van der Waals surface area contributed by atoms with Gasteiger partial charge >= 0.3 is 0 Å². The Balaban J connectivity index is 1.51. The smallest absolute Gasteiger partial charge is 0.0296 e. The molecule has 1 heterocycles. The van der Waals surface area contributed by atoms with Crippen molar-refractivity contribution in [1.82, 2.24) is 0 Å². The zero-order valence-corrected chi connectivity index (χ0v) is 24.0. The van der Waals surface area contributed by atoms with Crippen molar-refractivity contribution in [3.63, 3.8) is 0 Å². The van der Waals surface area contributed by atoms with Gasteiger partial charge in [-0.2, -0.15) is 11.3 Å². The molecule has 1 heteroatoms. The van der Waals surface area contributed by atoms with Crippen LogP contribution in [-0.4, -0.2) is 0 Å². The predicted molar refractivity (Wildman–Crippen MR) is 158 cm³/mol. The monoisotopic (exact) mass is 498 g/mol. The highest BCUT2D eigenvalue weighted by Crippen LogP contribution is 2.56. The van der Waals surface area contributed by atoms with E-state index in [-0.39, 0.29) is 5.41 Å². The summed E-state index contributed by atoms with van der Waals surface area (Å²) in [4.78, 5) is 0. The Labute approximate surface area is 224 Å². The average molecular weight is 499 g/mol. The first kappa shape index (κ1) is 25.8. The molecule has 0 fully saturated rings. The van der Waals surface area contributed by atoms with Crippen LogP contribution in [0.15, 0.2) is 47.2 Å². The van der Waals surface area contributed by atoms with E-state index in [0.29, 0.717) is 0 Å². The zero-order chi connectivity index (χ0) is 25.1. The van der Waals surface area contributed by atoms with Crippen LogP contribution in [0.2, 0.25) is 0 Å². The minimum atomic E-state index is 0.144. The normalized spacial score (nSPS) is 16.7. The average Bonchev–Trinajstić information content (AvgIpc) is 3.56. The van der Waals surface area contributed by atoms with E-state index in [1.165, 1.54) is 88.2 Å². The third kappa shape index (κ3) is 4.85. The van der Waals surface area contributed by atoms with Crippen molar-refractivity contribution in [2.75, 3.05) is 0 Å². The van der Waals surface area contributed by atoms with Gasteiger partial charge in [-0.05, 0) is 92.8 Å². The first-order valence-electron chi connectivity index (χ1n) is 14.9. The molecular formula is C35H46S. The number of benzene rings is 2. The Hall–Kier alpha value is -1.86. The van der Waals surface area contributed by atoms with Gasteiger partial charge in [-0.1, -0.05) is 115 Å². The van der Waals surface area contributed by atoms with Gasteiger partial charge in [-0.3, -0.25) is 0 Å². The van der Waals surface area contributed by atoms with Crippen molar-refractivity contribution in [1.29, 1.82) is 0 Å². The Kier molecular flexibility index (Phi) is 8.06. The highest BCUT2D eigenvalue weighted by Gasteiger charge is 2.47. The predicted octanol–water partition coefficient (Wildman–Crippen LogP) is 10.3. The molecule has 0 aliphatic heterocycles. The van der Waals surface area contributed by atoms with E-state index in [1.54, 1.807) is 33.4 Å². The highest BCUT2D eigenvalue weighted by atomic mass is 32.1. The summed E-state index contributed by atoms with van der Waals surface area (Å²) in [6.45, 7) is 9.40. The molecule has 1 aromatic heterocycles. The van der Waals surface area contributed by atoms with E-state index in [2.05, 4.69) is 74.9 Å². The van der Waals surface area contributed by atoms with Crippen molar-refractivity contribution in [3.8, 4) is 11.1 Å². The molecule has 0 amide bonds. The van der Waals surface area contributed by atoms with E-state index in [9.17, 15) is 0 Å². The van der Waals surface area contributed by atoms with Crippen molar-refractivity contribution in [3.05, 3.63) is 80.5 Å². The molecule has 0 saturated heterocycles. The number of thiophene rings is 1. The Morgan fingerprint density at radius 2 is 1.17 bits per heavy atom. The van der Waals surface area contributed by atoms with Gasteiger partial charge in [0.1, 0.15) is 0 Å². The molecule has 3 aromatic rings. The largest absolute Gasteiger partial charge is 0.152 e. The lowest BCUT2D eigenvalue weighted by Gasteiger charge is -2.28. The van der Waals surface area contributed by atoms with E-state index < -0.39 is 0 Å². The van der Waals surface area contributed by atoms with Crippen molar-refractivity contribution < 1.29 is 0 Å². The maximum atomic E-state index is 2.63. The lowest BCUT2D eigenvalue weighted by atomic mass is 9.74. The van der Waals surface area contributed by atoms with Gasteiger partial charge in [0.15, 0.2) is 0 Å². The molecular weight excluding hydrogens is 452 g/mol. The maximum Gasteiger partial charge on any atom is 0.0296 e. The summed E-state index contributed by atoms with van der Waals surface area (Å²) in [5.74, 6) is 1.63. The molecule has 1 spiro atoms. The van der Waals surface area contributed by atoms with Crippen molar-refractivity contribution >= 4 is 11.3 Å². The zero-order valence-electron chi connectivity index (χ0n) is 23.2. The molecule has 0 bridgehead atoms. The lowest BCUT2D eigenvalue weighted by Crippen LogP contribution is -2.26. The highest BCUT2D eigenvalue weighted by molar-refractivity contribution is 7.08. The van der Waals surface area contributed by atoms with Gasteiger partial charge in [-0.25, -0.2) is 0 Å². The minimum Gasteiger partial charge on any atom is -0.152 e. The van der Waals surface area contributed by atoms with Crippen LogP contribution in [0.25, 0.3) is 11.1 Å². The second kappa shape index (κ2) is 11.3. The van der Waals surface area contributed by atoms with Crippen molar-refractivity contribution in [2.24, 2.45) is 11.8 Å². The van der Waals surface area contributed by atoms with Crippen molar-refractivity contribution in [2.45, 2.75) is 110 Å². The maximum absolute atomic E-state index is 2.63. The SMILES string of the molecule is CCCCC(CC)Cc1ccc2c(c1)C1(Cc3cscc3C1)c1cc(CC(CC)CCCC)ccc1-2. The van der Waals surface area contributed by atoms with E-state index in [1.807, 2.05) is 11.3 Å². The number of unbranched alkanes of at least 4 members (excludes halogenated alkanes) is 2. The van der Waals surface area contributed by atoms with Crippen LogP contribution in [0.5, 0.6) is 0 Å². The summed E-state index contributed by atoms with van der Waals surface area (Å²) in [6.07, 6.45) is 15.5. The standard InChI is InChI=1S/C35H46S/c1-5-9-11-25(7-3)17-27-13-15-31-32-16-14-28(18-26(8-4)12-10-6-2)20-34(32)35(33(31)19-27)21-29-23-36-24-30(29)22-35/h13-16,19-20,23-26H,5-12,17-18,21-22H2,1-4H3. The Bertz CT molecular complexity index is 1080. The van der Waals surface area contributed by atoms with Crippen LogP contribution in [0.1, 0.15) is 112 Å². The summed E-state index contributed by atoms with van der Waals surface area (Å²) in [6, 6.07) is 15.1. The van der Waals surface area contributed by atoms with Gasteiger partial charge < -0.3 is 0 Å². The van der Waals surface area contributed by atoms with Crippen LogP contribution in [0, 0.1) is 11.8 Å². The molecule has 192 valence electrons. The molecule has 5 rings (SSSR count). The van der Waals surface area contributed by atoms with Gasteiger partial charge in [0, 0.05) is 5.41 Å². The van der Waals surface area contributed by atoms with Crippen LogP contribution < -0.4 is 0 Å². The second-order valence-electron chi connectivity index (χ2n) is 11.9. The third-order valence-corrected chi connectivity index (χ3v) is 10.3. The fraction of sp³-hybridized carbons (Fsp3) is 0.543. The van der Waals surface area contributed by atoms with Crippen LogP contribution >= 0.6 is 11.3 Å². The third-order valence-electron chi connectivity index (χ3n) is 9.44. The van der Waals surface area contributed by atoms with Crippen LogP contribution in [0.3, 0.4) is 0 Å².